The lowest BCUT2D eigenvalue weighted by molar-refractivity contribution is 0.111. The zero-order valence-corrected chi connectivity index (χ0v) is 12.6. The molecule has 0 aliphatic rings. The molecular formula is C14H22N4O3. The fraction of sp³-hybridized carbons (Fsp3) is 0.571. The van der Waals surface area contributed by atoms with Crippen molar-refractivity contribution >= 4 is 5.65 Å². The third kappa shape index (κ3) is 4.13. The second kappa shape index (κ2) is 7.92. The molecule has 116 valence electrons. The Labute approximate surface area is 123 Å². The Balaban J connectivity index is 2.00. The van der Waals surface area contributed by atoms with Gasteiger partial charge in [0.1, 0.15) is 0 Å². The summed E-state index contributed by atoms with van der Waals surface area (Å²) in [7, 11) is 3.36. The van der Waals surface area contributed by atoms with Crippen molar-refractivity contribution in [2.75, 3.05) is 47.1 Å². The molecule has 0 atom stereocenters. The van der Waals surface area contributed by atoms with Gasteiger partial charge in [0, 0.05) is 40.1 Å². The van der Waals surface area contributed by atoms with Crippen molar-refractivity contribution < 1.29 is 9.47 Å². The smallest absolute Gasteiger partial charge is 0.350 e. The lowest BCUT2D eigenvalue weighted by Gasteiger charge is -2.21. The van der Waals surface area contributed by atoms with E-state index in [0.29, 0.717) is 25.4 Å². The van der Waals surface area contributed by atoms with Crippen LogP contribution in [0.15, 0.2) is 29.2 Å². The van der Waals surface area contributed by atoms with Gasteiger partial charge in [-0.05, 0) is 12.1 Å². The highest BCUT2D eigenvalue weighted by Crippen LogP contribution is 1.96. The molecule has 21 heavy (non-hydrogen) atoms. The van der Waals surface area contributed by atoms with Crippen molar-refractivity contribution in [1.29, 1.82) is 0 Å². The predicted octanol–water partition coefficient (Wildman–Crippen LogP) is 0.0908. The molecule has 0 aliphatic heterocycles. The minimum Gasteiger partial charge on any atom is -0.383 e. The van der Waals surface area contributed by atoms with Crippen molar-refractivity contribution in [3.05, 3.63) is 34.9 Å². The van der Waals surface area contributed by atoms with Crippen molar-refractivity contribution in [3.63, 3.8) is 0 Å². The first-order chi connectivity index (χ1) is 10.3. The summed E-state index contributed by atoms with van der Waals surface area (Å²) in [5.74, 6) is 0. The van der Waals surface area contributed by atoms with Gasteiger partial charge < -0.3 is 9.47 Å². The van der Waals surface area contributed by atoms with Crippen LogP contribution in [0.2, 0.25) is 0 Å². The van der Waals surface area contributed by atoms with E-state index in [2.05, 4.69) is 10.00 Å². The molecule has 0 saturated carbocycles. The Kier molecular flexibility index (Phi) is 5.91. The lowest BCUT2D eigenvalue weighted by atomic mass is 10.4. The average molecular weight is 294 g/mol. The quantitative estimate of drug-likeness (QED) is 0.656. The maximum Gasteiger partial charge on any atom is 0.350 e. The minimum absolute atomic E-state index is 0.107. The third-order valence-corrected chi connectivity index (χ3v) is 3.34. The molecule has 0 bridgehead atoms. The van der Waals surface area contributed by atoms with Gasteiger partial charge in [-0.2, -0.15) is 0 Å². The fourth-order valence-corrected chi connectivity index (χ4v) is 2.13. The molecule has 7 heteroatoms. The molecule has 2 rings (SSSR count). The van der Waals surface area contributed by atoms with Crippen LogP contribution in [0.1, 0.15) is 0 Å². The second-order valence-electron chi connectivity index (χ2n) is 4.76. The topological polar surface area (TPSA) is 61.0 Å². The van der Waals surface area contributed by atoms with Crippen LogP contribution >= 0.6 is 0 Å². The van der Waals surface area contributed by atoms with E-state index in [9.17, 15) is 4.79 Å². The summed E-state index contributed by atoms with van der Waals surface area (Å²) in [5.41, 5.74) is 0.562. The number of fused-ring (bicyclic) bond motifs is 1. The van der Waals surface area contributed by atoms with Gasteiger partial charge in [0.25, 0.3) is 0 Å². The predicted molar refractivity (Wildman–Crippen MR) is 79.6 cm³/mol. The molecule has 2 aromatic rings. The number of ether oxygens (including phenoxy) is 2. The second-order valence-corrected chi connectivity index (χ2v) is 4.76. The Hall–Kier alpha value is -1.70. The lowest BCUT2D eigenvalue weighted by Crippen LogP contribution is -2.35. The number of nitrogens with zero attached hydrogens (tertiary/aromatic N) is 4. The van der Waals surface area contributed by atoms with Gasteiger partial charge in [-0.3, -0.25) is 9.30 Å². The summed E-state index contributed by atoms with van der Waals surface area (Å²) >= 11 is 0. The summed E-state index contributed by atoms with van der Waals surface area (Å²) < 4.78 is 13.3. The van der Waals surface area contributed by atoms with Gasteiger partial charge in [-0.15, -0.1) is 5.10 Å². The van der Waals surface area contributed by atoms with Crippen molar-refractivity contribution in [3.8, 4) is 0 Å². The first kappa shape index (κ1) is 15.7. The molecule has 0 amide bonds. The molecule has 0 unspecified atom stereocenters. The third-order valence-electron chi connectivity index (χ3n) is 3.34. The Morgan fingerprint density at radius 3 is 2.48 bits per heavy atom. The molecular weight excluding hydrogens is 272 g/mol. The van der Waals surface area contributed by atoms with Gasteiger partial charge in [0.05, 0.1) is 19.8 Å². The first-order valence-corrected chi connectivity index (χ1v) is 7.00. The molecule has 2 aromatic heterocycles. The SMILES string of the molecule is COCCN(CCOC)CCn1nc2ccccn2c1=O. The van der Waals surface area contributed by atoms with Gasteiger partial charge in [-0.1, -0.05) is 6.07 Å². The number of pyridine rings is 1. The number of methoxy groups -OCH3 is 2. The summed E-state index contributed by atoms with van der Waals surface area (Å²) in [6.45, 7) is 4.21. The van der Waals surface area contributed by atoms with E-state index in [1.54, 1.807) is 24.8 Å². The van der Waals surface area contributed by atoms with E-state index >= 15 is 0 Å². The standard InChI is InChI=1S/C14H22N4O3/c1-20-11-9-16(10-12-21-2)7-8-18-14(19)17-6-4-3-5-13(17)15-18/h3-6H,7-12H2,1-2H3. The molecule has 7 nitrogen and oxygen atoms in total. The van der Waals surface area contributed by atoms with Crippen LogP contribution in [-0.2, 0) is 16.0 Å². The zero-order chi connectivity index (χ0) is 15.1. The molecule has 0 radical (unpaired) electrons. The molecule has 0 saturated heterocycles. The largest absolute Gasteiger partial charge is 0.383 e. The molecule has 0 aliphatic carbocycles. The fourth-order valence-electron chi connectivity index (χ4n) is 2.13. The monoisotopic (exact) mass is 294 g/mol. The highest BCUT2D eigenvalue weighted by Gasteiger charge is 2.09. The van der Waals surface area contributed by atoms with E-state index in [1.807, 2.05) is 18.2 Å². The zero-order valence-electron chi connectivity index (χ0n) is 12.6. The first-order valence-electron chi connectivity index (χ1n) is 7.00. The maximum atomic E-state index is 12.2. The van der Waals surface area contributed by atoms with E-state index in [-0.39, 0.29) is 5.69 Å². The molecule has 0 N–H and O–H groups in total. The van der Waals surface area contributed by atoms with E-state index in [1.165, 1.54) is 4.68 Å². The van der Waals surface area contributed by atoms with Crippen LogP contribution in [0.25, 0.3) is 5.65 Å². The van der Waals surface area contributed by atoms with Gasteiger partial charge in [0.15, 0.2) is 5.65 Å². The van der Waals surface area contributed by atoms with Gasteiger partial charge in [-0.25, -0.2) is 9.48 Å². The van der Waals surface area contributed by atoms with Crippen LogP contribution < -0.4 is 5.69 Å². The van der Waals surface area contributed by atoms with Crippen LogP contribution in [0.3, 0.4) is 0 Å². The Bertz CT molecular complexity index is 600. The van der Waals surface area contributed by atoms with E-state index in [0.717, 1.165) is 19.6 Å². The van der Waals surface area contributed by atoms with Gasteiger partial charge >= 0.3 is 5.69 Å². The van der Waals surface area contributed by atoms with Crippen molar-refractivity contribution in [2.24, 2.45) is 0 Å². The summed E-state index contributed by atoms with van der Waals surface area (Å²) in [6, 6.07) is 5.52. The number of aromatic nitrogens is 3. The number of rotatable bonds is 9. The van der Waals surface area contributed by atoms with Crippen LogP contribution in [0, 0.1) is 0 Å². The van der Waals surface area contributed by atoms with Gasteiger partial charge in [0.2, 0.25) is 0 Å². The maximum absolute atomic E-state index is 12.2. The van der Waals surface area contributed by atoms with Crippen molar-refractivity contribution in [2.45, 2.75) is 6.54 Å². The molecule has 0 aromatic carbocycles. The van der Waals surface area contributed by atoms with Crippen molar-refractivity contribution in [1.82, 2.24) is 19.1 Å². The van der Waals surface area contributed by atoms with E-state index in [4.69, 9.17) is 9.47 Å². The Morgan fingerprint density at radius 1 is 1.14 bits per heavy atom. The molecule has 0 fully saturated rings. The van der Waals surface area contributed by atoms with Crippen LogP contribution in [-0.4, -0.2) is 66.1 Å². The van der Waals surface area contributed by atoms with E-state index < -0.39 is 0 Å². The number of hydrogen-bond donors (Lipinski definition) is 0. The highest BCUT2D eigenvalue weighted by atomic mass is 16.5. The average Bonchev–Trinajstić information content (AvgIpc) is 2.83. The van der Waals surface area contributed by atoms with Crippen LogP contribution in [0.5, 0.6) is 0 Å². The minimum atomic E-state index is -0.107. The molecule has 2 heterocycles. The highest BCUT2D eigenvalue weighted by molar-refractivity contribution is 5.35. The normalized spacial score (nSPS) is 11.6. The Morgan fingerprint density at radius 2 is 1.86 bits per heavy atom. The molecule has 0 spiro atoms. The summed E-state index contributed by atoms with van der Waals surface area (Å²) in [6.07, 6.45) is 1.73. The summed E-state index contributed by atoms with van der Waals surface area (Å²) in [4.78, 5) is 14.4. The van der Waals surface area contributed by atoms with Crippen LogP contribution in [0.4, 0.5) is 0 Å². The summed E-state index contributed by atoms with van der Waals surface area (Å²) in [5, 5.41) is 4.32. The number of hydrogen-bond acceptors (Lipinski definition) is 5.